The second-order valence-corrected chi connectivity index (χ2v) is 6.48. The first-order chi connectivity index (χ1) is 12.1. The molecule has 0 N–H and O–H groups in total. The van der Waals surface area contributed by atoms with Gasteiger partial charge in [-0.3, -0.25) is 0 Å². The Labute approximate surface area is 149 Å². The summed E-state index contributed by atoms with van der Waals surface area (Å²) < 4.78 is 7.68. The predicted molar refractivity (Wildman–Crippen MR) is 101 cm³/mol. The molecule has 4 heteroatoms. The summed E-state index contributed by atoms with van der Waals surface area (Å²) in [7, 11) is 0. The molecule has 0 atom stereocenters. The average Bonchev–Trinajstić information content (AvgIpc) is 2.93. The monoisotopic (exact) mass is 335 g/mol. The molecule has 0 bridgehead atoms. The summed E-state index contributed by atoms with van der Waals surface area (Å²) in [6, 6.07) is 14.5. The van der Waals surface area contributed by atoms with Gasteiger partial charge in [-0.05, 0) is 37.0 Å². The average molecular weight is 335 g/mol. The summed E-state index contributed by atoms with van der Waals surface area (Å²) in [6.07, 6.45) is 2.73. The summed E-state index contributed by atoms with van der Waals surface area (Å²) >= 11 is 0. The van der Waals surface area contributed by atoms with E-state index in [-0.39, 0.29) is 0 Å². The van der Waals surface area contributed by atoms with Gasteiger partial charge < -0.3 is 4.74 Å². The largest absolute Gasteiger partial charge is 0.477 e. The molecule has 0 aliphatic rings. The van der Waals surface area contributed by atoms with Crippen molar-refractivity contribution >= 4 is 0 Å². The molecule has 130 valence electrons. The minimum absolute atomic E-state index is 0.466. The molecule has 3 rings (SSSR count). The highest BCUT2D eigenvalue weighted by molar-refractivity contribution is 5.40. The number of ether oxygens (including phenoxy) is 1. The van der Waals surface area contributed by atoms with E-state index in [0.717, 1.165) is 23.5 Å². The van der Waals surface area contributed by atoms with Gasteiger partial charge in [0.25, 0.3) is 0 Å². The van der Waals surface area contributed by atoms with Crippen LogP contribution in [0.4, 0.5) is 0 Å². The van der Waals surface area contributed by atoms with Crippen LogP contribution in [-0.4, -0.2) is 21.4 Å². The highest BCUT2D eigenvalue weighted by atomic mass is 16.5. The Morgan fingerprint density at radius 1 is 1.08 bits per heavy atom. The summed E-state index contributed by atoms with van der Waals surface area (Å²) in [5.41, 5.74) is 4.65. The zero-order chi connectivity index (χ0) is 17.8. The maximum atomic E-state index is 5.79. The minimum Gasteiger partial charge on any atom is -0.477 e. The van der Waals surface area contributed by atoms with Crippen LogP contribution in [0.25, 0.3) is 5.82 Å². The Kier molecular flexibility index (Phi) is 5.17. The van der Waals surface area contributed by atoms with E-state index in [2.05, 4.69) is 61.2 Å². The molecule has 0 saturated carbocycles. The molecule has 4 nitrogen and oxygen atoms in total. The summed E-state index contributed by atoms with van der Waals surface area (Å²) in [6.45, 7) is 8.99. The lowest BCUT2D eigenvalue weighted by atomic mass is 10.1. The summed E-state index contributed by atoms with van der Waals surface area (Å²) in [4.78, 5) is 4.60. The summed E-state index contributed by atoms with van der Waals surface area (Å²) in [5.74, 6) is 1.98. The lowest BCUT2D eigenvalue weighted by Crippen LogP contribution is -2.03. The molecule has 3 aromatic rings. The SMILES string of the molecule is CCOc1nn(-c2ccc(C(C)C)cn2)c(C)c1Cc1ccccc1. The van der Waals surface area contributed by atoms with Crippen molar-refractivity contribution < 1.29 is 4.74 Å². The van der Waals surface area contributed by atoms with E-state index in [1.165, 1.54) is 11.1 Å². The van der Waals surface area contributed by atoms with E-state index in [0.29, 0.717) is 18.4 Å². The molecule has 0 amide bonds. The molecule has 0 spiro atoms. The normalized spacial score (nSPS) is 11.1. The van der Waals surface area contributed by atoms with E-state index in [4.69, 9.17) is 4.74 Å². The molecule has 0 unspecified atom stereocenters. The van der Waals surface area contributed by atoms with Gasteiger partial charge >= 0.3 is 0 Å². The molecule has 2 heterocycles. The molecule has 1 aromatic carbocycles. The highest BCUT2D eigenvalue weighted by Crippen LogP contribution is 2.26. The fourth-order valence-electron chi connectivity index (χ4n) is 2.85. The van der Waals surface area contributed by atoms with Crippen LogP contribution in [0, 0.1) is 6.92 Å². The Morgan fingerprint density at radius 2 is 1.84 bits per heavy atom. The van der Waals surface area contributed by atoms with Crippen molar-refractivity contribution in [2.75, 3.05) is 6.61 Å². The first-order valence-electron chi connectivity index (χ1n) is 8.81. The smallest absolute Gasteiger partial charge is 0.237 e. The van der Waals surface area contributed by atoms with Crippen LogP contribution >= 0.6 is 0 Å². The lowest BCUT2D eigenvalue weighted by Gasteiger charge is -2.07. The van der Waals surface area contributed by atoms with Gasteiger partial charge in [-0.15, -0.1) is 5.10 Å². The van der Waals surface area contributed by atoms with Crippen molar-refractivity contribution in [3.63, 3.8) is 0 Å². The zero-order valence-electron chi connectivity index (χ0n) is 15.4. The quantitative estimate of drug-likeness (QED) is 0.656. The van der Waals surface area contributed by atoms with Crippen LogP contribution in [0.15, 0.2) is 48.7 Å². The van der Waals surface area contributed by atoms with E-state index in [1.54, 1.807) is 0 Å². The van der Waals surface area contributed by atoms with Gasteiger partial charge in [0.2, 0.25) is 5.88 Å². The van der Waals surface area contributed by atoms with E-state index >= 15 is 0 Å². The van der Waals surface area contributed by atoms with Gasteiger partial charge in [0.05, 0.1) is 12.3 Å². The second kappa shape index (κ2) is 7.51. The second-order valence-electron chi connectivity index (χ2n) is 6.48. The first kappa shape index (κ1) is 17.2. The zero-order valence-corrected chi connectivity index (χ0v) is 15.4. The van der Waals surface area contributed by atoms with Crippen LogP contribution in [0.3, 0.4) is 0 Å². The molecule has 2 aromatic heterocycles. The van der Waals surface area contributed by atoms with Crippen molar-refractivity contribution in [2.45, 2.75) is 40.0 Å². The number of hydrogen-bond donors (Lipinski definition) is 0. The predicted octanol–water partition coefficient (Wildman–Crippen LogP) is 4.69. The van der Waals surface area contributed by atoms with Crippen LogP contribution in [0.1, 0.15) is 49.1 Å². The van der Waals surface area contributed by atoms with Crippen LogP contribution in [0.5, 0.6) is 5.88 Å². The maximum absolute atomic E-state index is 5.79. The fourth-order valence-corrected chi connectivity index (χ4v) is 2.85. The van der Waals surface area contributed by atoms with Crippen molar-refractivity contribution in [2.24, 2.45) is 0 Å². The number of hydrogen-bond acceptors (Lipinski definition) is 3. The standard InChI is InChI=1S/C21H25N3O/c1-5-25-21-19(13-17-9-7-6-8-10-17)16(4)24(23-21)20-12-11-18(14-22-20)15(2)3/h6-12,14-15H,5,13H2,1-4H3. The Balaban J connectivity index is 1.99. The van der Waals surface area contributed by atoms with E-state index in [1.807, 2.05) is 29.9 Å². The molecule has 0 aliphatic carbocycles. The third kappa shape index (κ3) is 3.73. The Hall–Kier alpha value is -2.62. The van der Waals surface area contributed by atoms with Crippen LogP contribution in [-0.2, 0) is 6.42 Å². The molecule has 25 heavy (non-hydrogen) atoms. The summed E-state index contributed by atoms with van der Waals surface area (Å²) in [5, 5.41) is 4.67. The number of pyridine rings is 1. The highest BCUT2D eigenvalue weighted by Gasteiger charge is 2.18. The van der Waals surface area contributed by atoms with Crippen molar-refractivity contribution in [1.82, 2.24) is 14.8 Å². The number of aromatic nitrogens is 3. The Bertz CT molecular complexity index is 820. The molecular weight excluding hydrogens is 310 g/mol. The van der Waals surface area contributed by atoms with Crippen molar-refractivity contribution in [3.05, 3.63) is 71.0 Å². The van der Waals surface area contributed by atoms with Crippen LogP contribution in [0.2, 0.25) is 0 Å². The number of benzene rings is 1. The van der Waals surface area contributed by atoms with Gasteiger partial charge in [0.15, 0.2) is 5.82 Å². The van der Waals surface area contributed by atoms with Gasteiger partial charge in [-0.1, -0.05) is 50.2 Å². The maximum Gasteiger partial charge on any atom is 0.237 e. The third-order valence-corrected chi connectivity index (χ3v) is 4.36. The topological polar surface area (TPSA) is 39.9 Å². The molecule has 0 saturated heterocycles. The first-order valence-corrected chi connectivity index (χ1v) is 8.81. The molecule has 0 radical (unpaired) electrons. The van der Waals surface area contributed by atoms with Gasteiger partial charge in [0, 0.05) is 18.2 Å². The fraction of sp³-hybridized carbons (Fsp3) is 0.333. The van der Waals surface area contributed by atoms with Crippen molar-refractivity contribution in [1.29, 1.82) is 0 Å². The number of rotatable bonds is 6. The Morgan fingerprint density at radius 3 is 2.44 bits per heavy atom. The van der Waals surface area contributed by atoms with E-state index < -0.39 is 0 Å². The number of nitrogens with zero attached hydrogens (tertiary/aromatic N) is 3. The van der Waals surface area contributed by atoms with Crippen molar-refractivity contribution in [3.8, 4) is 11.7 Å². The molecular formula is C21H25N3O. The molecule has 0 aliphatic heterocycles. The third-order valence-electron chi connectivity index (χ3n) is 4.36. The van der Waals surface area contributed by atoms with Gasteiger partial charge in [-0.2, -0.15) is 0 Å². The van der Waals surface area contributed by atoms with Gasteiger partial charge in [-0.25, -0.2) is 9.67 Å². The lowest BCUT2D eigenvalue weighted by molar-refractivity contribution is 0.321. The van der Waals surface area contributed by atoms with Gasteiger partial charge in [0.1, 0.15) is 0 Å². The van der Waals surface area contributed by atoms with Crippen LogP contribution < -0.4 is 4.74 Å². The molecule has 0 fully saturated rings. The van der Waals surface area contributed by atoms with E-state index in [9.17, 15) is 0 Å². The minimum atomic E-state index is 0.466.